The van der Waals surface area contributed by atoms with Crippen molar-refractivity contribution < 1.29 is 31.0 Å². The fraction of sp³-hybridized carbons (Fsp3) is 0.556. The Kier molecular flexibility index (Phi) is 1.08. The van der Waals surface area contributed by atoms with E-state index in [-0.39, 0.29) is 17.5 Å². The van der Waals surface area contributed by atoms with Crippen molar-refractivity contribution in [2.45, 2.75) is 36.4 Å². The maximum absolute atomic E-state index is 10.9. The van der Waals surface area contributed by atoms with Gasteiger partial charge in [0.1, 0.15) is 12.2 Å². The molecule has 1 spiro atoms. The van der Waals surface area contributed by atoms with E-state index in [0.29, 0.717) is 4.90 Å². The summed E-state index contributed by atoms with van der Waals surface area (Å²) >= 11 is 0. The van der Waals surface area contributed by atoms with E-state index in [9.17, 15) is 7.85 Å². The van der Waals surface area contributed by atoms with Crippen LogP contribution in [0.4, 0.5) is 0 Å². The Balaban J connectivity index is 1.95. The minimum Gasteiger partial charge on any atom is -0.493 e. The number of benzene rings is 1. The van der Waals surface area contributed by atoms with Gasteiger partial charge in [0.25, 0.3) is 0 Å². The minimum absolute atomic E-state index is 0.160. The van der Waals surface area contributed by atoms with E-state index in [1.165, 1.54) is 0 Å². The van der Waals surface area contributed by atoms with Crippen LogP contribution in [-0.2, 0) is 11.8 Å². The van der Waals surface area contributed by atoms with Crippen LogP contribution >= 0.6 is 0 Å². The van der Waals surface area contributed by atoms with Crippen molar-refractivity contribution in [3.8, 4) is 11.5 Å². The summed E-state index contributed by atoms with van der Waals surface area (Å²) in [5, 5.41) is 10.9. The molecule has 22 heavy (non-hydrogen) atoms. The molecule has 4 heteroatoms. The first-order chi connectivity index (χ1) is 15.2. The molecule has 2 heterocycles. The first-order valence-electron chi connectivity index (χ1n) is 13.0. The van der Waals surface area contributed by atoms with Crippen molar-refractivity contribution in [1.29, 1.82) is 0 Å². The summed E-state index contributed by atoms with van der Waals surface area (Å²) in [5.74, 6) is -3.36. The molecule has 0 amide bonds. The van der Waals surface area contributed by atoms with Crippen LogP contribution in [-0.4, -0.2) is 48.7 Å². The standard InChI is InChI=1S/C18H21NO3/c1-19-8-7-18-11-4-5-13(20)17(18)22-16-14(21-2)6-3-10(15(16)18)9-12(11)19/h3-6,11-13,17,20H,7-9H2,1-2H3/t11-,12+,13?,17?,18-/m0/s1/i1D3,2D3,9D2,11D,12D,13D,17D. The highest BCUT2D eigenvalue weighted by atomic mass is 16.5. The zero-order valence-electron chi connectivity index (χ0n) is 23.4. The topological polar surface area (TPSA) is 41.9 Å². The van der Waals surface area contributed by atoms with E-state index in [0.717, 1.165) is 24.3 Å². The lowest BCUT2D eigenvalue weighted by Crippen LogP contribution is -2.64. The molecule has 0 aromatic heterocycles. The highest BCUT2D eigenvalue weighted by Crippen LogP contribution is 2.62. The first-order valence-corrected chi connectivity index (χ1v) is 6.98. The number of methoxy groups -OCH3 is 1. The van der Waals surface area contributed by atoms with Gasteiger partial charge in [-0.3, -0.25) is 0 Å². The average molecular weight is 311 g/mol. The molecule has 0 radical (unpaired) electrons. The SMILES string of the molecule is [2H]C([2H])([2H])Oc1ccc2c3c1OC1([2H])C([2H])(O)C=C[C@]4([2H])[C@@]31CCN(C([2H])([2H])[2H])[C@]4([2H])C2([2H])[2H]. The first kappa shape index (κ1) is 5.84. The van der Waals surface area contributed by atoms with Crippen molar-refractivity contribution in [3.63, 3.8) is 0 Å². The van der Waals surface area contributed by atoms with Crippen LogP contribution in [0.5, 0.6) is 11.5 Å². The summed E-state index contributed by atoms with van der Waals surface area (Å²) in [6, 6.07) is -0.640. The second kappa shape index (κ2) is 4.06. The molecular formula is C18H21NO3. The quantitative estimate of drug-likeness (QED) is 0.798. The summed E-state index contributed by atoms with van der Waals surface area (Å²) in [4.78, 5) is 0.602. The number of hydrogen-bond donors (Lipinski definition) is 1. The van der Waals surface area contributed by atoms with Crippen LogP contribution in [0.25, 0.3) is 0 Å². The van der Waals surface area contributed by atoms with Crippen LogP contribution in [0.3, 0.4) is 0 Å². The molecule has 2 aliphatic heterocycles. The molecule has 1 fully saturated rings. The van der Waals surface area contributed by atoms with Crippen molar-refractivity contribution in [2.75, 3.05) is 20.6 Å². The fourth-order valence-corrected chi connectivity index (χ4v) is 3.94. The third-order valence-corrected chi connectivity index (χ3v) is 4.84. The number of ether oxygens (including phenoxy) is 2. The predicted molar refractivity (Wildman–Crippen MR) is 82.5 cm³/mol. The molecule has 4 aliphatic rings. The second-order valence-corrected chi connectivity index (χ2v) is 5.76. The van der Waals surface area contributed by atoms with Crippen LogP contribution in [0.2, 0.25) is 0 Å². The van der Waals surface area contributed by atoms with Gasteiger partial charge in [0.05, 0.1) is 13.9 Å². The predicted octanol–water partition coefficient (Wildman–Crippen LogP) is 1.50. The van der Waals surface area contributed by atoms with Crippen LogP contribution in [0.15, 0.2) is 24.3 Å². The number of aliphatic hydroxyl groups is 1. The molecule has 2 bridgehead atoms. The molecule has 2 unspecified atom stereocenters. The van der Waals surface area contributed by atoms with Gasteiger partial charge in [0.2, 0.25) is 0 Å². The van der Waals surface area contributed by atoms with Gasteiger partial charge < -0.3 is 19.5 Å². The molecule has 0 saturated carbocycles. The van der Waals surface area contributed by atoms with Gasteiger partial charge in [-0.05, 0) is 37.9 Å². The normalized spacial score (nSPS) is 65.9. The number of nitrogens with zero attached hydrogens (tertiary/aromatic N) is 1. The Morgan fingerprint density at radius 1 is 1.55 bits per heavy atom. The molecule has 5 atom stereocenters. The summed E-state index contributed by atoms with van der Waals surface area (Å²) in [5.41, 5.74) is -2.54. The van der Waals surface area contributed by atoms with Crippen molar-refractivity contribution >= 4 is 0 Å². The van der Waals surface area contributed by atoms with Crippen molar-refractivity contribution in [1.82, 2.24) is 4.90 Å². The summed E-state index contributed by atoms with van der Waals surface area (Å²) in [7, 11) is -2.96. The number of piperidine rings is 1. The zero-order chi connectivity index (χ0) is 25.5. The fourth-order valence-electron chi connectivity index (χ4n) is 3.94. The smallest absolute Gasteiger partial charge is 0.165 e. The Morgan fingerprint density at radius 3 is 3.36 bits per heavy atom. The molecule has 2 aliphatic carbocycles. The van der Waals surface area contributed by atoms with Gasteiger partial charge in [-0.1, -0.05) is 18.2 Å². The second-order valence-electron chi connectivity index (χ2n) is 5.76. The van der Waals surface area contributed by atoms with Gasteiger partial charge in [-0.15, -0.1) is 0 Å². The highest BCUT2D eigenvalue weighted by Gasteiger charge is 2.64. The lowest BCUT2D eigenvalue weighted by atomic mass is 9.53. The lowest BCUT2D eigenvalue weighted by Gasteiger charge is -2.56. The van der Waals surface area contributed by atoms with Gasteiger partial charge >= 0.3 is 0 Å². The minimum atomic E-state index is -2.98. The largest absolute Gasteiger partial charge is 0.493 e. The van der Waals surface area contributed by atoms with Gasteiger partial charge in [0, 0.05) is 32.5 Å². The third-order valence-electron chi connectivity index (χ3n) is 4.84. The molecule has 1 N–H and O–H groups in total. The Bertz CT molecular complexity index is 1130. The van der Waals surface area contributed by atoms with E-state index in [1.54, 1.807) is 0 Å². The monoisotopic (exact) mass is 311 g/mol. The Labute approximate surface area is 147 Å². The van der Waals surface area contributed by atoms with Gasteiger partial charge in [-0.25, -0.2) is 0 Å². The molecule has 4 nitrogen and oxygen atoms in total. The maximum atomic E-state index is 10.9. The van der Waals surface area contributed by atoms with Crippen LogP contribution in [0.1, 0.15) is 34.0 Å². The molecule has 5 rings (SSSR count). The Hall–Kier alpha value is -1.52. The van der Waals surface area contributed by atoms with E-state index >= 15 is 0 Å². The molecule has 1 saturated heterocycles. The maximum Gasteiger partial charge on any atom is 0.165 e. The van der Waals surface area contributed by atoms with Crippen molar-refractivity contribution in [3.05, 3.63) is 35.4 Å². The van der Waals surface area contributed by atoms with Gasteiger partial charge in [0.15, 0.2) is 11.5 Å². The number of hydrogen-bond acceptors (Lipinski definition) is 4. The zero-order valence-corrected chi connectivity index (χ0v) is 11.4. The molecule has 1 aromatic carbocycles. The summed E-state index contributed by atoms with van der Waals surface area (Å²) < 4.78 is 111. The van der Waals surface area contributed by atoms with Crippen molar-refractivity contribution in [2.24, 2.45) is 5.89 Å². The molecular weight excluding hydrogens is 278 g/mol. The number of rotatable bonds is 1. The van der Waals surface area contributed by atoms with Crippen LogP contribution in [0, 0.1) is 5.89 Å². The van der Waals surface area contributed by atoms with E-state index in [4.69, 9.17) is 23.2 Å². The number of likely N-dealkylation sites (N-methyl/N-ethyl adjacent to an activating group) is 1. The van der Waals surface area contributed by atoms with Crippen LogP contribution < -0.4 is 9.47 Å². The molecule has 1 aromatic rings. The number of likely N-dealkylation sites (tertiary alicyclic amines) is 1. The van der Waals surface area contributed by atoms with Gasteiger partial charge in [-0.2, -0.15) is 0 Å². The highest BCUT2D eigenvalue weighted by molar-refractivity contribution is 5.62. The third kappa shape index (κ3) is 1.28. The average Bonchev–Trinajstić information content (AvgIpc) is 2.94. The molecule has 116 valence electrons. The Morgan fingerprint density at radius 2 is 2.50 bits per heavy atom. The summed E-state index contributed by atoms with van der Waals surface area (Å²) in [6.07, 6.45) is -7.11. The van der Waals surface area contributed by atoms with E-state index in [1.807, 2.05) is 0 Å². The lowest BCUT2D eigenvalue weighted by molar-refractivity contribution is -0.0453. The summed E-state index contributed by atoms with van der Waals surface area (Å²) in [6.45, 7) is -3.46. The van der Waals surface area contributed by atoms with E-state index in [2.05, 4.69) is 0 Å². The van der Waals surface area contributed by atoms with E-state index < -0.39 is 67.9 Å².